The molecule has 10 heteroatoms. The first-order chi connectivity index (χ1) is 22.0. The summed E-state index contributed by atoms with van der Waals surface area (Å²) in [5.74, 6) is 1.36. The average molecular weight is 663 g/mol. The quantitative estimate of drug-likeness (QED) is 0.114. The summed E-state index contributed by atoms with van der Waals surface area (Å²) in [6, 6.07) is 25.7. The zero-order chi connectivity index (χ0) is 32.7. The summed E-state index contributed by atoms with van der Waals surface area (Å²) in [4.78, 5) is 0. The Kier molecular flexibility index (Phi) is 9.05. The third-order valence-corrected chi connectivity index (χ3v) is 9.89. The van der Waals surface area contributed by atoms with Crippen molar-refractivity contribution >= 4 is 43.8 Å². The number of nitrogens with zero attached hydrogens (tertiary/aromatic N) is 6. The molecule has 235 valence electrons. The Morgan fingerprint density at radius 3 is 0.848 bits per heavy atom. The number of imidazole rings is 3. The minimum absolute atomic E-state index is 0.455. The average Bonchev–Trinajstić information content (AvgIpc) is 3.74. The van der Waals surface area contributed by atoms with Gasteiger partial charge in [-0.25, -0.2) is 0 Å². The molecule has 0 N–H and O–H groups in total. The van der Waals surface area contributed by atoms with Gasteiger partial charge in [0.2, 0.25) is 7.12 Å². The SMILES string of the molecule is CC(C)c1ccc(-n2ccn([B-](n3ccn(-c4ccc(C(C)C)cc4)c3=S)n3ccn(-c4ccc(C(C)C)cc4)c3=S)c2=S)cc1. The number of aromatic nitrogens is 6. The highest BCUT2D eigenvalue weighted by Gasteiger charge is 2.16. The third-order valence-electron chi connectivity index (χ3n) is 8.67. The van der Waals surface area contributed by atoms with Crippen molar-refractivity contribution in [2.75, 3.05) is 0 Å². The van der Waals surface area contributed by atoms with Crippen LogP contribution in [0.25, 0.3) is 17.1 Å². The van der Waals surface area contributed by atoms with Gasteiger partial charge in [-0.05, 0) is 126 Å². The number of benzene rings is 3. The van der Waals surface area contributed by atoms with E-state index in [0.29, 0.717) is 32.1 Å². The van der Waals surface area contributed by atoms with Gasteiger partial charge in [-0.2, -0.15) is 0 Å². The highest BCUT2D eigenvalue weighted by atomic mass is 32.1. The van der Waals surface area contributed by atoms with Crippen LogP contribution in [0.3, 0.4) is 0 Å². The molecule has 0 aliphatic carbocycles. The van der Waals surface area contributed by atoms with Crippen molar-refractivity contribution in [3.63, 3.8) is 0 Å². The molecule has 0 saturated heterocycles. The lowest BCUT2D eigenvalue weighted by atomic mass is 9.92. The predicted molar refractivity (Wildman–Crippen MR) is 198 cm³/mol. The van der Waals surface area contributed by atoms with Crippen molar-refractivity contribution in [1.29, 1.82) is 0 Å². The second-order valence-corrected chi connectivity index (χ2v) is 13.8. The number of hydrogen-bond acceptors (Lipinski definition) is 3. The lowest BCUT2D eigenvalue weighted by Gasteiger charge is -2.33. The van der Waals surface area contributed by atoms with Crippen LogP contribution in [0, 0.1) is 14.3 Å². The van der Waals surface area contributed by atoms with Gasteiger partial charge in [0, 0.05) is 35.7 Å². The van der Waals surface area contributed by atoms with Crippen LogP contribution in [-0.4, -0.2) is 34.3 Å². The molecule has 46 heavy (non-hydrogen) atoms. The summed E-state index contributed by atoms with van der Waals surface area (Å²) in [5, 5.41) is 0. The molecule has 1 radical (unpaired) electrons. The Balaban J connectivity index is 1.48. The zero-order valence-electron chi connectivity index (χ0n) is 27.1. The van der Waals surface area contributed by atoms with Crippen molar-refractivity contribution in [2.45, 2.75) is 59.3 Å². The van der Waals surface area contributed by atoms with Gasteiger partial charge in [0.1, 0.15) is 14.3 Å². The second kappa shape index (κ2) is 13.0. The summed E-state index contributed by atoms with van der Waals surface area (Å²) in [5.41, 5.74) is 6.88. The summed E-state index contributed by atoms with van der Waals surface area (Å²) in [6.07, 6.45) is 12.1. The Morgan fingerprint density at radius 2 is 0.630 bits per heavy atom. The van der Waals surface area contributed by atoms with Crippen LogP contribution in [0.2, 0.25) is 0 Å². The highest BCUT2D eigenvalue weighted by Crippen LogP contribution is 2.22. The maximum atomic E-state index is 6.15. The van der Waals surface area contributed by atoms with Crippen LogP contribution in [-0.2, 0) is 0 Å². The minimum atomic E-state index is -0.476. The molecule has 0 unspecified atom stereocenters. The van der Waals surface area contributed by atoms with Gasteiger partial charge < -0.3 is 13.4 Å². The van der Waals surface area contributed by atoms with E-state index in [0.717, 1.165) is 17.1 Å². The van der Waals surface area contributed by atoms with Crippen molar-refractivity contribution in [2.24, 2.45) is 0 Å². The Morgan fingerprint density at radius 1 is 0.391 bits per heavy atom. The maximum Gasteiger partial charge on any atom is 0.209 e. The largest absolute Gasteiger partial charge is 0.483 e. The first-order valence-electron chi connectivity index (χ1n) is 15.7. The zero-order valence-corrected chi connectivity index (χ0v) is 29.6. The van der Waals surface area contributed by atoms with Crippen LogP contribution in [0.4, 0.5) is 0 Å². The normalized spacial score (nSPS) is 11.9. The van der Waals surface area contributed by atoms with Crippen molar-refractivity contribution in [3.8, 4) is 17.1 Å². The number of hydrogen-bond donors (Lipinski definition) is 0. The lowest BCUT2D eigenvalue weighted by Crippen LogP contribution is -2.41. The first-order valence-corrected chi connectivity index (χ1v) is 17.0. The smallest absolute Gasteiger partial charge is 0.209 e. The van der Waals surface area contributed by atoms with E-state index in [1.165, 1.54) is 16.7 Å². The van der Waals surface area contributed by atoms with E-state index >= 15 is 0 Å². The van der Waals surface area contributed by atoms with Crippen molar-refractivity contribution in [1.82, 2.24) is 27.1 Å². The second-order valence-electron chi connectivity index (χ2n) is 12.7. The number of rotatable bonds is 9. The maximum absolute atomic E-state index is 6.15. The van der Waals surface area contributed by atoms with Gasteiger partial charge in [0.05, 0.1) is 0 Å². The van der Waals surface area contributed by atoms with Gasteiger partial charge >= 0.3 is 0 Å². The molecule has 0 amide bonds. The molecule has 3 aromatic carbocycles. The van der Waals surface area contributed by atoms with Gasteiger partial charge in [0.25, 0.3) is 0 Å². The summed E-state index contributed by atoms with van der Waals surface area (Å²) in [7, 11) is -0.476. The Hall–Kier alpha value is -3.99. The molecule has 0 spiro atoms. The van der Waals surface area contributed by atoms with Crippen LogP contribution in [0.5, 0.6) is 0 Å². The molecule has 0 bridgehead atoms. The van der Waals surface area contributed by atoms with Gasteiger partial charge in [-0.15, -0.1) is 0 Å². The van der Waals surface area contributed by atoms with E-state index < -0.39 is 7.12 Å². The van der Waals surface area contributed by atoms with E-state index in [-0.39, 0.29) is 0 Å². The Labute approximate surface area is 287 Å². The fraction of sp³-hybridized carbons (Fsp3) is 0.250. The first kappa shape index (κ1) is 32.0. The van der Waals surface area contributed by atoms with Crippen molar-refractivity contribution in [3.05, 3.63) is 141 Å². The van der Waals surface area contributed by atoms with E-state index in [1.807, 2.05) is 50.9 Å². The summed E-state index contributed by atoms with van der Waals surface area (Å²) >= 11 is 18.5. The molecule has 0 fully saturated rings. The predicted octanol–water partition coefficient (Wildman–Crippen LogP) is 9.95. The van der Waals surface area contributed by atoms with Crippen LogP contribution in [0.15, 0.2) is 110 Å². The molecule has 0 atom stereocenters. The third kappa shape index (κ3) is 5.97. The van der Waals surface area contributed by atoms with Crippen LogP contribution in [0.1, 0.15) is 76.0 Å². The molecule has 6 nitrogen and oxygen atoms in total. The molecule has 6 rings (SSSR count). The Bertz CT molecular complexity index is 1890. The van der Waals surface area contributed by atoms with Crippen LogP contribution >= 0.6 is 36.7 Å². The molecular weight excluding hydrogens is 623 g/mol. The molecule has 3 aromatic heterocycles. The fourth-order valence-corrected chi connectivity index (χ4v) is 6.71. The van der Waals surface area contributed by atoms with Gasteiger partial charge in [0.15, 0.2) is 0 Å². The standard InChI is InChI=1S/C36H39BN6S3/c1-25(2)28-7-13-31(14-8-28)38-19-22-41(34(38)44)37(42-23-20-39(35(42)45)32-15-9-29(10-16-32)26(3)4)43-24-21-40(36(43)46)33-17-11-30(12-18-33)27(5)6/h7-27H,1-6H3/q-1. The minimum Gasteiger partial charge on any atom is -0.483 e. The molecule has 3 heterocycles. The molecule has 0 aliphatic rings. The van der Waals surface area contributed by atoms with Crippen molar-refractivity contribution < 1.29 is 0 Å². The topological polar surface area (TPSA) is 29.6 Å². The van der Waals surface area contributed by atoms with E-state index in [1.54, 1.807) is 0 Å². The van der Waals surface area contributed by atoms with E-state index in [9.17, 15) is 0 Å². The molecular formula is C36H39BN6S3-. The lowest BCUT2D eigenvalue weighted by molar-refractivity contribution is 0.859. The van der Waals surface area contributed by atoms with E-state index in [2.05, 4.69) is 128 Å². The van der Waals surface area contributed by atoms with Gasteiger partial charge in [-0.1, -0.05) is 77.9 Å². The molecule has 0 saturated carbocycles. The summed E-state index contributed by atoms with van der Waals surface area (Å²) in [6.45, 7) is 13.2. The van der Waals surface area contributed by atoms with Gasteiger partial charge in [-0.3, -0.25) is 13.7 Å². The summed E-state index contributed by atoms with van der Waals surface area (Å²) < 4.78 is 14.1. The van der Waals surface area contributed by atoms with Crippen LogP contribution < -0.4 is 0 Å². The molecule has 6 aromatic rings. The van der Waals surface area contributed by atoms with E-state index in [4.69, 9.17) is 36.7 Å². The molecule has 0 aliphatic heterocycles. The monoisotopic (exact) mass is 662 g/mol. The highest BCUT2D eigenvalue weighted by molar-refractivity contribution is 7.71. The fourth-order valence-electron chi connectivity index (χ4n) is 5.75.